The first-order valence-electron chi connectivity index (χ1n) is 8.06. The number of morpholine rings is 1. The molecule has 3 aliphatic rings. The summed E-state index contributed by atoms with van der Waals surface area (Å²) < 4.78 is 5.85. The lowest BCUT2D eigenvalue weighted by molar-refractivity contribution is -0.123. The van der Waals surface area contributed by atoms with Gasteiger partial charge in [0.1, 0.15) is 0 Å². The summed E-state index contributed by atoms with van der Waals surface area (Å²) in [6.45, 7) is 3.59. The second-order valence-corrected chi connectivity index (χ2v) is 6.80. The van der Waals surface area contributed by atoms with Crippen LogP contribution in [0.15, 0.2) is 0 Å². The fourth-order valence-electron chi connectivity index (χ4n) is 3.87. The van der Waals surface area contributed by atoms with Crippen molar-refractivity contribution in [1.29, 1.82) is 0 Å². The van der Waals surface area contributed by atoms with Gasteiger partial charge in [-0.3, -0.25) is 9.69 Å². The smallest absolute Gasteiger partial charge is 0.221 e. The van der Waals surface area contributed by atoms with Crippen LogP contribution >= 0.6 is 0 Å². The molecule has 3 fully saturated rings. The van der Waals surface area contributed by atoms with Crippen LogP contribution < -0.4 is 11.1 Å². The Labute approximate surface area is 121 Å². The number of fused-ring (bicyclic) bond motifs is 1. The summed E-state index contributed by atoms with van der Waals surface area (Å²) in [7, 11) is 0. The van der Waals surface area contributed by atoms with Crippen LogP contribution in [0.4, 0.5) is 0 Å². The van der Waals surface area contributed by atoms with Crippen molar-refractivity contribution in [3.05, 3.63) is 0 Å². The van der Waals surface area contributed by atoms with Gasteiger partial charge in [-0.1, -0.05) is 12.8 Å². The second kappa shape index (κ2) is 6.00. The SMILES string of the molecule is NC1(CC(=O)NCC2CN3CCCC3CO2)CCCC1. The van der Waals surface area contributed by atoms with Gasteiger partial charge in [0.05, 0.1) is 12.7 Å². The summed E-state index contributed by atoms with van der Waals surface area (Å²) in [6, 6.07) is 0.618. The molecule has 20 heavy (non-hydrogen) atoms. The highest BCUT2D eigenvalue weighted by atomic mass is 16.5. The van der Waals surface area contributed by atoms with E-state index in [1.54, 1.807) is 0 Å². The van der Waals surface area contributed by atoms with Crippen LogP contribution in [0.2, 0.25) is 0 Å². The van der Waals surface area contributed by atoms with Gasteiger partial charge in [-0.05, 0) is 32.2 Å². The Morgan fingerprint density at radius 3 is 2.95 bits per heavy atom. The number of nitrogens with two attached hydrogens (primary N) is 1. The van der Waals surface area contributed by atoms with Crippen LogP contribution in [-0.2, 0) is 9.53 Å². The lowest BCUT2D eigenvalue weighted by atomic mass is 9.94. The number of hydrogen-bond acceptors (Lipinski definition) is 4. The van der Waals surface area contributed by atoms with Crippen molar-refractivity contribution >= 4 is 5.91 Å². The number of rotatable bonds is 4. The molecule has 5 nitrogen and oxygen atoms in total. The molecule has 2 atom stereocenters. The summed E-state index contributed by atoms with van der Waals surface area (Å²) >= 11 is 0. The lowest BCUT2D eigenvalue weighted by Crippen LogP contribution is -2.51. The topological polar surface area (TPSA) is 67.6 Å². The first kappa shape index (κ1) is 14.3. The van der Waals surface area contributed by atoms with Crippen LogP contribution in [0, 0.1) is 0 Å². The molecule has 2 saturated heterocycles. The number of amides is 1. The average molecular weight is 281 g/mol. The maximum atomic E-state index is 12.0. The minimum absolute atomic E-state index is 0.0848. The fourth-order valence-corrected chi connectivity index (χ4v) is 3.87. The third-order valence-corrected chi connectivity index (χ3v) is 5.10. The molecular weight excluding hydrogens is 254 g/mol. The van der Waals surface area contributed by atoms with E-state index in [4.69, 9.17) is 10.5 Å². The number of nitrogens with zero attached hydrogens (tertiary/aromatic N) is 1. The van der Waals surface area contributed by atoms with Gasteiger partial charge in [0, 0.05) is 31.1 Å². The van der Waals surface area contributed by atoms with Crippen molar-refractivity contribution in [3.63, 3.8) is 0 Å². The molecule has 1 aliphatic carbocycles. The summed E-state index contributed by atoms with van der Waals surface area (Å²) in [5.74, 6) is 0.0848. The standard InChI is InChI=1S/C15H27N3O2/c16-15(5-1-2-6-15)8-14(19)17-9-13-10-18-7-3-4-12(18)11-20-13/h12-13H,1-11,16H2,(H,17,19). The minimum Gasteiger partial charge on any atom is -0.373 e. The van der Waals surface area contributed by atoms with Crippen molar-refractivity contribution in [3.8, 4) is 0 Å². The first-order valence-corrected chi connectivity index (χ1v) is 8.06. The molecule has 2 heterocycles. The Balaban J connectivity index is 1.39. The normalized spacial score (nSPS) is 33.0. The van der Waals surface area contributed by atoms with Gasteiger partial charge in [-0.2, -0.15) is 0 Å². The van der Waals surface area contributed by atoms with Gasteiger partial charge < -0.3 is 15.8 Å². The molecule has 114 valence electrons. The van der Waals surface area contributed by atoms with Crippen molar-refractivity contribution < 1.29 is 9.53 Å². The van der Waals surface area contributed by atoms with Crippen molar-refractivity contribution in [2.75, 3.05) is 26.2 Å². The van der Waals surface area contributed by atoms with Gasteiger partial charge in [0.2, 0.25) is 5.91 Å². The van der Waals surface area contributed by atoms with Gasteiger partial charge in [-0.25, -0.2) is 0 Å². The summed E-state index contributed by atoms with van der Waals surface area (Å²) in [4.78, 5) is 14.5. The molecule has 0 aromatic rings. The van der Waals surface area contributed by atoms with E-state index in [1.165, 1.54) is 19.4 Å². The van der Waals surface area contributed by atoms with E-state index in [9.17, 15) is 4.79 Å². The van der Waals surface area contributed by atoms with Crippen molar-refractivity contribution in [2.45, 2.75) is 62.6 Å². The second-order valence-electron chi connectivity index (χ2n) is 6.80. The highest BCUT2D eigenvalue weighted by Gasteiger charge is 2.34. The Morgan fingerprint density at radius 2 is 2.15 bits per heavy atom. The van der Waals surface area contributed by atoms with Crippen LogP contribution in [-0.4, -0.2) is 54.7 Å². The summed E-state index contributed by atoms with van der Waals surface area (Å²) in [5, 5.41) is 3.01. The monoisotopic (exact) mass is 281 g/mol. The lowest BCUT2D eigenvalue weighted by Gasteiger charge is -2.35. The van der Waals surface area contributed by atoms with E-state index in [2.05, 4.69) is 10.2 Å². The van der Waals surface area contributed by atoms with E-state index >= 15 is 0 Å². The molecule has 2 unspecified atom stereocenters. The zero-order valence-electron chi connectivity index (χ0n) is 12.3. The number of nitrogens with one attached hydrogen (secondary N) is 1. The van der Waals surface area contributed by atoms with E-state index in [-0.39, 0.29) is 17.6 Å². The van der Waals surface area contributed by atoms with Gasteiger partial charge in [-0.15, -0.1) is 0 Å². The molecular formula is C15H27N3O2. The predicted molar refractivity (Wildman–Crippen MR) is 77.3 cm³/mol. The number of ether oxygens (including phenoxy) is 1. The Kier molecular flexibility index (Phi) is 4.29. The Bertz CT molecular complexity index is 355. The molecule has 0 bridgehead atoms. The van der Waals surface area contributed by atoms with Crippen LogP contribution in [0.1, 0.15) is 44.9 Å². The molecule has 3 rings (SSSR count). The molecule has 3 N–H and O–H groups in total. The highest BCUT2D eigenvalue weighted by molar-refractivity contribution is 5.77. The average Bonchev–Trinajstić information content (AvgIpc) is 3.04. The molecule has 2 aliphatic heterocycles. The van der Waals surface area contributed by atoms with Crippen LogP contribution in [0.25, 0.3) is 0 Å². The fraction of sp³-hybridized carbons (Fsp3) is 0.933. The molecule has 5 heteroatoms. The van der Waals surface area contributed by atoms with E-state index < -0.39 is 0 Å². The van der Waals surface area contributed by atoms with E-state index in [0.717, 1.165) is 38.8 Å². The largest absolute Gasteiger partial charge is 0.373 e. The first-order chi connectivity index (χ1) is 9.65. The van der Waals surface area contributed by atoms with Gasteiger partial charge in [0.25, 0.3) is 0 Å². The van der Waals surface area contributed by atoms with E-state index in [0.29, 0.717) is 19.0 Å². The number of carbonyl (C=O) groups excluding carboxylic acids is 1. The number of carbonyl (C=O) groups is 1. The third-order valence-electron chi connectivity index (χ3n) is 5.10. The van der Waals surface area contributed by atoms with Gasteiger partial charge in [0.15, 0.2) is 0 Å². The maximum absolute atomic E-state index is 12.0. The highest BCUT2D eigenvalue weighted by Crippen LogP contribution is 2.29. The predicted octanol–water partition coefficient (Wildman–Crippen LogP) is 0.627. The van der Waals surface area contributed by atoms with Crippen LogP contribution in [0.3, 0.4) is 0 Å². The Hall–Kier alpha value is -0.650. The van der Waals surface area contributed by atoms with Gasteiger partial charge >= 0.3 is 0 Å². The molecule has 1 amide bonds. The Morgan fingerprint density at radius 1 is 1.35 bits per heavy atom. The molecule has 1 saturated carbocycles. The molecule has 0 aromatic heterocycles. The quantitative estimate of drug-likeness (QED) is 0.793. The summed E-state index contributed by atoms with van der Waals surface area (Å²) in [5.41, 5.74) is 5.99. The minimum atomic E-state index is -0.252. The molecule has 0 spiro atoms. The zero-order chi connectivity index (χ0) is 14.0. The zero-order valence-corrected chi connectivity index (χ0v) is 12.3. The molecule has 0 radical (unpaired) electrons. The third kappa shape index (κ3) is 3.32. The maximum Gasteiger partial charge on any atom is 0.221 e. The number of hydrogen-bond donors (Lipinski definition) is 2. The summed E-state index contributed by atoms with van der Waals surface area (Å²) in [6.07, 6.45) is 7.43. The van der Waals surface area contributed by atoms with E-state index in [1.807, 2.05) is 0 Å². The van der Waals surface area contributed by atoms with Crippen LogP contribution in [0.5, 0.6) is 0 Å². The molecule has 0 aromatic carbocycles. The van der Waals surface area contributed by atoms with Crippen molar-refractivity contribution in [1.82, 2.24) is 10.2 Å². The van der Waals surface area contributed by atoms with Crippen molar-refractivity contribution in [2.24, 2.45) is 5.73 Å².